The molecule has 0 bridgehead atoms. The third kappa shape index (κ3) is 7.98. The van der Waals surface area contributed by atoms with E-state index in [9.17, 15) is 9.59 Å². The smallest absolute Gasteiger partial charge is 0.261 e. The molecule has 3 aromatic carbocycles. The summed E-state index contributed by atoms with van der Waals surface area (Å²) in [4.78, 5) is 28.6. The first kappa shape index (κ1) is 27.0. The molecule has 0 fully saturated rings. The van der Waals surface area contributed by atoms with Crippen LogP contribution in [0.15, 0.2) is 78.9 Å². The van der Waals surface area contributed by atoms with Gasteiger partial charge in [0.2, 0.25) is 5.91 Å². The molecule has 0 spiro atoms. The topological polar surface area (TPSA) is 58.6 Å². The molecule has 0 unspecified atom stereocenters. The minimum absolute atomic E-state index is 0.140. The number of carbonyl (C=O) groups is 2. The minimum atomic E-state index is -0.653. The van der Waals surface area contributed by atoms with E-state index in [1.165, 1.54) is 5.56 Å². The highest BCUT2D eigenvalue weighted by atomic mass is 16.5. The van der Waals surface area contributed by atoms with Crippen molar-refractivity contribution in [1.29, 1.82) is 0 Å². The summed E-state index contributed by atoms with van der Waals surface area (Å²) < 4.78 is 5.88. The molecule has 36 heavy (non-hydrogen) atoms. The number of rotatable bonds is 12. The first-order valence-corrected chi connectivity index (χ1v) is 12.8. The summed E-state index contributed by atoms with van der Waals surface area (Å²) >= 11 is 0. The lowest BCUT2D eigenvalue weighted by atomic mass is 10.0. The molecule has 3 rings (SSSR count). The third-order valence-corrected chi connectivity index (χ3v) is 6.20. The van der Waals surface area contributed by atoms with E-state index in [-0.39, 0.29) is 18.4 Å². The highest BCUT2D eigenvalue weighted by Gasteiger charge is 2.30. The zero-order valence-corrected chi connectivity index (χ0v) is 21.9. The van der Waals surface area contributed by atoms with Crippen molar-refractivity contribution in [2.24, 2.45) is 0 Å². The van der Waals surface area contributed by atoms with Gasteiger partial charge in [-0.05, 0) is 48.1 Å². The van der Waals surface area contributed by atoms with E-state index in [0.29, 0.717) is 31.2 Å². The predicted molar refractivity (Wildman–Crippen MR) is 145 cm³/mol. The van der Waals surface area contributed by atoms with Crippen molar-refractivity contribution in [3.63, 3.8) is 0 Å². The molecule has 0 aromatic heterocycles. The van der Waals surface area contributed by atoms with Crippen LogP contribution in [0.2, 0.25) is 0 Å². The van der Waals surface area contributed by atoms with Gasteiger partial charge in [0, 0.05) is 19.5 Å². The molecule has 5 heteroatoms. The van der Waals surface area contributed by atoms with Crippen LogP contribution in [-0.2, 0) is 22.6 Å². The van der Waals surface area contributed by atoms with Crippen molar-refractivity contribution in [2.45, 2.75) is 59.0 Å². The Hall–Kier alpha value is -3.60. The zero-order chi connectivity index (χ0) is 25.9. The van der Waals surface area contributed by atoms with Gasteiger partial charge in [-0.15, -0.1) is 0 Å². The molecule has 2 amide bonds. The number of aryl methyl sites for hydroxylation is 1. The Labute approximate surface area is 215 Å². The van der Waals surface area contributed by atoms with Crippen molar-refractivity contribution < 1.29 is 14.3 Å². The summed E-state index contributed by atoms with van der Waals surface area (Å²) in [7, 11) is 0. The monoisotopic (exact) mass is 486 g/mol. The summed E-state index contributed by atoms with van der Waals surface area (Å²) in [5, 5.41) is 3.00. The minimum Gasteiger partial charge on any atom is -0.484 e. The fourth-order valence-corrected chi connectivity index (χ4v) is 3.99. The Morgan fingerprint density at radius 2 is 1.56 bits per heavy atom. The molecule has 1 N–H and O–H groups in total. The lowest BCUT2D eigenvalue weighted by Gasteiger charge is -2.31. The number of carbonyl (C=O) groups excluding carboxylic acids is 2. The van der Waals surface area contributed by atoms with Gasteiger partial charge >= 0.3 is 0 Å². The summed E-state index contributed by atoms with van der Waals surface area (Å²) in [5.74, 6) is 0.683. The van der Waals surface area contributed by atoms with Gasteiger partial charge in [0.25, 0.3) is 5.91 Å². The van der Waals surface area contributed by atoms with Gasteiger partial charge < -0.3 is 15.0 Å². The van der Waals surface area contributed by atoms with Crippen molar-refractivity contribution >= 4 is 11.8 Å². The number of ether oxygens (including phenoxy) is 1. The first-order valence-electron chi connectivity index (χ1n) is 12.8. The fourth-order valence-electron chi connectivity index (χ4n) is 3.99. The molecule has 0 heterocycles. The highest BCUT2D eigenvalue weighted by molar-refractivity contribution is 5.88. The number of nitrogens with one attached hydrogen (secondary N) is 1. The van der Waals surface area contributed by atoms with Crippen LogP contribution in [0.1, 0.15) is 55.4 Å². The molecule has 0 aliphatic heterocycles. The molecular formula is C31H38N2O3. The molecule has 0 saturated carbocycles. The third-order valence-electron chi connectivity index (χ3n) is 6.20. The maximum atomic E-state index is 13.6. The Kier molecular flexibility index (Phi) is 10.1. The lowest BCUT2D eigenvalue weighted by Crippen LogP contribution is -2.51. The van der Waals surface area contributed by atoms with Gasteiger partial charge in [0.1, 0.15) is 11.8 Å². The van der Waals surface area contributed by atoms with E-state index in [0.717, 1.165) is 23.1 Å². The van der Waals surface area contributed by atoms with Gasteiger partial charge in [0.15, 0.2) is 6.61 Å². The Morgan fingerprint density at radius 1 is 0.889 bits per heavy atom. The molecule has 190 valence electrons. The van der Waals surface area contributed by atoms with Gasteiger partial charge in [-0.3, -0.25) is 9.59 Å². The van der Waals surface area contributed by atoms with Crippen molar-refractivity contribution in [1.82, 2.24) is 10.2 Å². The van der Waals surface area contributed by atoms with Gasteiger partial charge in [-0.1, -0.05) is 93.1 Å². The van der Waals surface area contributed by atoms with E-state index >= 15 is 0 Å². The largest absolute Gasteiger partial charge is 0.484 e. The second-order valence-electron chi connectivity index (χ2n) is 9.52. The summed E-state index contributed by atoms with van der Waals surface area (Å²) in [6, 6.07) is 25.0. The summed E-state index contributed by atoms with van der Waals surface area (Å²) in [6.07, 6.45) is 1.25. The van der Waals surface area contributed by atoms with E-state index in [1.54, 1.807) is 4.90 Å². The second-order valence-corrected chi connectivity index (χ2v) is 9.52. The number of nitrogens with zero attached hydrogens (tertiary/aromatic N) is 1. The van der Waals surface area contributed by atoms with Crippen LogP contribution in [0.3, 0.4) is 0 Å². The van der Waals surface area contributed by atoms with Crippen LogP contribution in [-0.4, -0.2) is 35.9 Å². The Balaban J connectivity index is 1.85. The van der Waals surface area contributed by atoms with Gasteiger partial charge in [-0.2, -0.15) is 0 Å². The molecule has 0 aliphatic rings. The summed E-state index contributed by atoms with van der Waals surface area (Å²) in [6.45, 7) is 9.07. The number of amides is 2. The average Bonchev–Trinajstić information content (AvgIpc) is 2.89. The number of benzene rings is 3. The van der Waals surface area contributed by atoms with E-state index < -0.39 is 6.04 Å². The van der Waals surface area contributed by atoms with Crippen LogP contribution in [0.4, 0.5) is 0 Å². The summed E-state index contributed by atoms with van der Waals surface area (Å²) in [5.41, 5.74) is 4.33. The lowest BCUT2D eigenvalue weighted by molar-refractivity contribution is -0.142. The van der Waals surface area contributed by atoms with Crippen molar-refractivity contribution in [3.8, 4) is 5.75 Å². The molecule has 0 saturated heterocycles. The first-order chi connectivity index (χ1) is 17.4. The van der Waals surface area contributed by atoms with Gasteiger partial charge in [0.05, 0.1) is 0 Å². The van der Waals surface area contributed by atoms with Crippen LogP contribution in [0.25, 0.3) is 0 Å². The van der Waals surface area contributed by atoms with Crippen LogP contribution >= 0.6 is 0 Å². The maximum absolute atomic E-state index is 13.6. The van der Waals surface area contributed by atoms with E-state index in [4.69, 9.17) is 4.74 Å². The molecule has 3 aromatic rings. The molecular weight excluding hydrogens is 448 g/mol. The maximum Gasteiger partial charge on any atom is 0.261 e. The van der Waals surface area contributed by atoms with Crippen LogP contribution in [0, 0.1) is 6.92 Å². The zero-order valence-electron chi connectivity index (χ0n) is 21.9. The average molecular weight is 487 g/mol. The molecule has 0 radical (unpaired) electrons. The Morgan fingerprint density at radius 3 is 2.17 bits per heavy atom. The van der Waals surface area contributed by atoms with Crippen LogP contribution < -0.4 is 10.1 Å². The second kappa shape index (κ2) is 13.5. The van der Waals surface area contributed by atoms with Gasteiger partial charge in [-0.25, -0.2) is 0 Å². The van der Waals surface area contributed by atoms with E-state index in [1.807, 2.05) is 92.7 Å². The Bertz CT molecular complexity index is 1090. The van der Waals surface area contributed by atoms with Crippen molar-refractivity contribution in [2.75, 3.05) is 13.2 Å². The standard InChI is InChI=1S/C31H38N2O3/c1-5-19-32-31(35)29(20-25-9-7-6-8-10-25)33(21-26-13-11-24(4)12-14-26)30(34)22-36-28-17-15-27(16-18-28)23(2)3/h6-18,23,29H,5,19-22H2,1-4H3,(H,32,35)/t29-/m1/s1. The number of hydrogen-bond donors (Lipinski definition) is 1. The fraction of sp³-hybridized carbons (Fsp3) is 0.355. The van der Waals surface area contributed by atoms with Crippen LogP contribution in [0.5, 0.6) is 5.75 Å². The quantitative estimate of drug-likeness (QED) is 0.359. The van der Waals surface area contributed by atoms with E-state index in [2.05, 4.69) is 19.2 Å². The predicted octanol–water partition coefficient (Wildman–Crippen LogP) is 5.66. The highest BCUT2D eigenvalue weighted by Crippen LogP contribution is 2.20. The van der Waals surface area contributed by atoms with Crippen molar-refractivity contribution in [3.05, 3.63) is 101 Å². The molecule has 1 atom stereocenters. The molecule has 0 aliphatic carbocycles. The SMILES string of the molecule is CCCNC(=O)[C@@H](Cc1ccccc1)N(Cc1ccc(C)cc1)C(=O)COc1ccc(C(C)C)cc1. The normalized spacial score (nSPS) is 11.7. The molecule has 5 nitrogen and oxygen atoms in total. The number of hydrogen-bond acceptors (Lipinski definition) is 3.